The van der Waals surface area contributed by atoms with Crippen LogP contribution in [-0.4, -0.2) is 13.0 Å². The monoisotopic (exact) mass is 255 g/mol. The number of benzene rings is 1. The highest BCUT2D eigenvalue weighted by atomic mass is 79.9. The molecule has 1 aromatic rings. The summed E-state index contributed by atoms with van der Waals surface area (Å²) in [4.78, 5) is 11.1. The van der Waals surface area contributed by atoms with Crippen LogP contribution in [0.1, 0.15) is 0 Å². The van der Waals surface area contributed by atoms with Crippen LogP contribution in [-0.2, 0) is 4.79 Å². The minimum absolute atomic E-state index is 0.263. The Morgan fingerprint density at radius 2 is 2.36 bits per heavy atom. The fourth-order valence-electron chi connectivity index (χ4n) is 0.962. The summed E-state index contributed by atoms with van der Waals surface area (Å²) in [5, 5.41) is 2.64. The summed E-state index contributed by atoms with van der Waals surface area (Å²) in [7, 11) is 1.55. The van der Waals surface area contributed by atoms with E-state index in [4.69, 9.17) is 4.74 Å². The number of halogens is 1. The molecule has 0 saturated carbocycles. The molecule has 0 fully saturated rings. The van der Waals surface area contributed by atoms with Crippen molar-refractivity contribution in [2.45, 2.75) is 0 Å². The molecule has 0 saturated heterocycles. The Labute approximate surface area is 90.9 Å². The lowest BCUT2D eigenvalue weighted by atomic mass is 10.3. The van der Waals surface area contributed by atoms with Crippen molar-refractivity contribution in [2.24, 2.45) is 0 Å². The summed E-state index contributed by atoms with van der Waals surface area (Å²) in [6.45, 7) is 3.37. The second-order valence-electron chi connectivity index (χ2n) is 2.54. The molecule has 1 rings (SSSR count). The molecule has 3 nitrogen and oxygen atoms in total. The smallest absolute Gasteiger partial charge is 0.247 e. The van der Waals surface area contributed by atoms with E-state index in [1.165, 1.54) is 6.08 Å². The minimum Gasteiger partial charge on any atom is -0.495 e. The minimum atomic E-state index is -0.263. The number of methoxy groups -OCH3 is 1. The zero-order chi connectivity index (χ0) is 10.6. The van der Waals surface area contributed by atoms with Crippen molar-refractivity contribution in [3.63, 3.8) is 0 Å². The zero-order valence-electron chi connectivity index (χ0n) is 7.71. The molecule has 0 unspecified atom stereocenters. The third kappa shape index (κ3) is 2.60. The molecule has 0 aliphatic heterocycles. The van der Waals surface area contributed by atoms with Gasteiger partial charge in [-0.15, -0.1) is 0 Å². The van der Waals surface area contributed by atoms with Crippen LogP contribution in [0.15, 0.2) is 35.3 Å². The Bertz CT molecular complexity index is 363. The number of amides is 1. The average Bonchev–Trinajstić information content (AvgIpc) is 2.18. The first-order valence-electron chi connectivity index (χ1n) is 3.94. The number of anilines is 1. The van der Waals surface area contributed by atoms with Gasteiger partial charge in [-0.25, -0.2) is 0 Å². The van der Waals surface area contributed by atoms with Crippen molar-refractivity contribution in [1.82, 2.24) is 0 Å². The summed E-state index contributed by atoms with van der Waals surface area (Å²) in [6, 6.07) is 5.37. The van der Waals surface area contributed by atoms with Crippen LogP contribution in [0.25, 0.3) is 0 Å². The fourth-order valence-corrected chi connectivity index (χ4v) is 1.32. The number of ether oxygens (including phenoxy) is 1. The van der Waals surface area contributed by atoms with Crippen molar-refractivity contribution in [2.75, 3.05) is 12.4 Å². The molecule has 0 aliphatic rings. The predicted octanol–water partition coefficient (Wildman–Crippen LogP) is 2.58. The number of carbonyl (C=O) groups is 1. The maximum Gasteiger partial charge on any atom is 0.247 e. The molecular formula is C10H10BrNO2. The van der Waals surface area contributed by atoms with E-state index < -0.39 is 0 Å². The second-order valence-corrected chi connectivity index (χ2v) is 3.45. The standard InChI is InChI=1S/C10H10BrNO2/c1-3-10(13)12-8-6-7(11)4-5-9(8)14-2/h3-6H,1H2,2H3,(H,12,13). The van der Waals surface area contributed by atoms with Crippen LogP contribution >= 0.6 is 15.9 Å². The maximum atomic E-state index is 11.1. The Morgan fingerprint density at radius 1 is 1.64 bits per heavy atom. The van der Waals surface area contributed by atoms with Gasteiger partial charge in [-0.05, 0) is 24.3 Å². The van der Waals surface area contributed by atoms with Gasteiger partial charge in [0, 0.05) is 4.47 Å². The lowest BCUT2D eigenvalue weighted by Gasteiger charge is -2.08. The third-order valence-electron chi connectivity index (χ3n) is 1.60. The number of hydrogen-bond acceptors (Lipinski definition) is 2. The molecule has 4 heteroatoms. The average molecular weight is 256 g/mol. The van der Waals surface area contributed by atoms with Crippen LogP contribution in [0.2, 0.25) is 0 Å². The molecule has 0 aliphatic carbocycles. The molecule has 1 aromatic carbocycles. The van der Waals surface area contributed by atoms with Gasteiger partial charge in [-0.2, -0.15) is 0 Å². The summed E-state index contributed by atoms with van der Waals surface area (Å²) in [6.07, 6.45) is 1.21. The van der Waals surface area contributed by atoms with E-state index in [-0.39, 0.29) is 5.91 Å². The van der Waals surface area contributed by atoms with Crippen molar-refractivity contribution in [3.05, 3.63) is 35.3 Å². The highest BCUT2D eigenvalue weighted by molar-refractivity contribution is 9.10. The predicted molar refractivity (Wildman–Crippen MR) is 59.5 cm³/mol. The first-order valence-corrected chi connectivity index (χ1v) is 4.73. The molecule has 1 N–H and O–H groups in total. The van der Waals surface area contributed by atoms with Gasteiger partial charge < -0.3 is 10.1 Å². The van der Waals surface area contributed by atoms with Gasteiger partial charge >= 0.3 is 0 Å². The molecule has 0 aromatic heterocycles. The fraction of sp³-hybridized carbons (Fsp3) is 0.100. The largest absolute Gasteiger partial charge is 0.495 e. The van der Waals surface area contributed by atoms with Gasteiger partial charge in [0.05, 0.1) is 12.8 Å². The molecule has 0 atom stereocenters. The van der Waals surface area contributed by atoms with Crippen LogP contribution < -0.4 is 10.1 Å². The van der Waals surface area contributed by atoms with Crippen LogP contribution in [0.5, 0.6) is 5.75 Å². The number of rotatable bonds is 3. The highest BCUT2D eigenvalue weighted by Gasteiger charge is 2.04. The third-order valence-corrected chi connectivity index (χ3v) is 2.10. The van der Waals surface area contributed by atoms with Gasteiger partial charge in [-0.1, -0.05) is 22.5 Å². The van der Waals surface area contributed by atoms with E-state index in [0.29, 0.717) is 11.4 Å². The molecule has 1 amide bonds. The number of carbonyl (C=O) groups excluding carboxylic acids is 1. The van der Waals surface area contributed by atoms with Gasteiger partial charge in [0.15, 0.2) is 0 Å². The van der Waals surface area contributed by atoms with Crippen LogP contribution in [0, 0.1) is 0 Å². The molecule has 0 radical (unpaired) electrons. The quantitative estimate of drug-likeness (QED) is 0.844. The van der Waals surface area contributed by atoms with Crippen LogP contribution in [0.3, 0.4) is 0 Å². The van der Waals surface area contributed by atoms with E-state index in [0.717, 1.165) is 4.47 Å². The van der Waals surface area contributed by atoms with Crippen molar-refractivity contribution in [1.29, 1.82) is 0 Å². The highest BCUT2D eigenvalue weighted by Crippen LogP contribution is 2.27. The van der Waals surface area contributed by atoms with E-state index in [1.54, 1.807) is 19.2 Å². The summed E-state index contributed by atoms with van der Waals surface area (Å²) < 4.78 is 5.95. The number of hydrogen-bond donors (Lipinski definition) is 1. The van der Waals surface area contributed by atoms with E-state index in [1.807, 2.05) is 6.07 Å². The first-order chi connectivity index (χ1) is 6.67. The molecule has 14 heavy (non-hydrogen) atoms. The van der Waals surface area contributed by atoms with E-state index in [2.05, 4.69) is 27.8 Å². The Morgan fingerprint density at radius 3 is 2.93 bits per heavy atom. The number of nitrogens with one attached hydrogen (secondary N) is 1. The summed E-state index contributed by atoms with van der Waals surface area (Å²) >= 11 is 3.30. The molecule has 0 bridgehead atoms. The zero-order valence-corrected chi connectivity index (χ0v) is 9.30. The Hall–Kier alpha value is -1.29. The van der Waals surface area contributed by atoms with Crippen molar-refractivity contribution >= 4 is 27.5 Å². The van der Waals surface area contributed by atoms with Gasteiger partial charge in [0.1, 0.15) is 5.75 Å². The summed E-state index contributed by atoms with van der Waals surface area (Å²) in [5.74, 6) is 0.352. The normalized spacial score (nSPS) is 9.29. The van der Waals surface area contributed by atoms with E-state index >= 15 is 0 Å². The molecular weight excluding hydrogens is 246 g/mol. The van der Waals surface area contributed by atoms with Crippen molar-refractivity contribution < 1.29 is 9.53 Å². The SMILES string of the molecule is C=CC(=O)Nc1cc(Br)ccc1OC. The van der Waals surface area contributed by atoms with Crippen LogP contribution in [0.4, 0.5) is 5.69 Å². The second kappa shape index (κ2) is 4.81. The lowest BCUT2D eigenvalue weighted by molar-refractivity contribution is -0.111. The van der Waals surface area contributed by atoms with E-state index in [9.17, 15) is 4.79 Å². The summed E-state index contributed by atoms with van der Waals surface area (Å²) in [5.41, 5.74) is 0.617. The van der Waals surface area contributed by atoms with Gasteiger partial charge in [0.25, 0.3) is 0 Å². The molecule has 0 heterocycles. The first kappa shape index (κ1) is 10.8. The van der Waals surface area contributed by atoms with Crippen molar-refractivity contribution in [3.8, 4) is 5.75 Å². The molecule has 0 spiro atoms. The van der Waals surface area contributed by atoms with Gasteiger partial charge in [-0.3, -0.25) is 4.79 Å². The maximum absolute atomic E-state index is 11.1. The Kier molecular flexibility index (Phi) is 3.71. The topological polar surface area (TPSA) is 38.3 Å². The Balaban J connectivity index is 2.98. The molecule has 74 valence electrons. The lowest BCUT2D eigenvalue weighted by Crippen LogP contribution is -2.08. The van der Waals surface area contributed by atoms with Gasteiger partial charge in [0.2, 0.25) is 5.91 Å².